The molecular weight excluding hydrogens is 312 g/mol. The zero-order chi connectivity index (χ0) is 17.6. The molecule has 0 radical (unpaired) electrons. The van der Waals surface area contributed by atoms with Gasteiger partial charge in [0.15, 0.2) is 5.69 Å². The number of fused-ring (bicyclic) bond motifs is 1. The molecule has 0 bridgehead atoms. The van der Waals surface area contributed by atoms with Crippen LogP contribution in [0.25, 0.3) is 0 Å². The summed E-state index contributed by atoms with van der Waals surface area (Å²) in [5.41, 5.74) is 0.903. The van der Waals surface area contributed by atoms with Gasteiger partial charge in [-0.1, -0.05) is 38.1 Å². The monoisotopic (exact) mass is 332 g/mol. The van der Waals surface area contributed by atoms with E-state index in [2.05, 4.69) is 5.16 Å². The number of ether oxygens (including phenoxy) is 1. The van der Waals surface area contributed by atoms with Gasteiger partial charge in [0.1, 0.15) is 17.1 Å². The molecule has 1 aliphatic heterocycles. The molecule has 0 atom stereocenters. The van der Waals surface area contributed by atoms with Crippen LogP contribution in [0.5, 0.6) is 5.75 Å². The second-order valence-corrected chi connectivity index (χ2v) is 6.54. The van der Waals surface area contributed by atoms with Gasteiger partial charge in [-0.3, -0.25) is 5.21 Å². The van der Waals surface area contributed by atoms with E-state index >= 15 is 0 Å². The van der Waals surface area contributed by atoms with Crippen molar-refractivity contribution in [2.45, 2.75) is 26.2 Å². The van der Waals surface area contributed by atoms with Crippen LogP contribution < -0.4 is 14.8 Å². The van der Waals surface area contributed by atoms with Crippen molar-refractivity contribution in [1.29, 1.82) is 0 Å². The first-order chi connectivity index (χ1) is 11.3. The average Bonchev–Trinajstić information content (AvgIpc) is 2.98. The molecular formula is C16H20N4O4. The van der Waals surface area contributed by atoms with Gasteiger partial charge in [0.25, 0.3) is 5.88 Å². The van der Waals surface area contributed by atoms with Crippen molar-refractivity contribution < 1.29 is 19.3 Å². The number of hydroxylamine groups is 1. The molecule has 2 amide bonds. The fraction of sp³-hybridized carbons (Fsp3) is 0.375. The molecule has 2 heterocycles. The number of para-hydroxylation sites is 2. The standard InChI is InChI=1S/C16H20N4O4/c1-16(2,3)13-12-14(24-17-13)19(18(4)15(21)20(12)22)10-8-6-7-9-11(10)23-5/h6-9,22H,1-5H3. The number of amides is 2. The first-order valence-electron chi connectivity index (χ1n) is 7.47. The predicted molar refractivity (Wildman–Crippen MR) is 87.8 cm³/mol. The summed E-state index contributed by atoms with van der Waals surface area (Å²) in [6.07, 6.45) is 0. The smallest absolute Gasteiger partial charge is 0.367 e. The Morgan fingerprint density at radius 2 is 1.92 bits per heavy atom. The van der Waals surface area contributed by atoms with Crippen molar-refractivity contribution in [2.75, 3.05) is 24.2 Å². The Morgan fingerprint density at radius 3 is 2.54 bits per heavy atom. The molecule has 1 aromatic heterocycles. The highest BCUT2D eigenvalue weighted by atomic mass is 16.5. The highest BCUT2D eigenvalue weighted by Crippen LogP contribution is 2.46. The minimum Gasteiger partial charge on any atom is -0.494 e. The Balaban J connectivity index is 2.24. The van der Waals surface area contributed by atoms with E-state index in [9.17, 15) is 10.0 Å². The Kier molecular flexibility index (Phi) is 3.64. The lowest BCUT2D eigenvalue weighted by atomic mass is 9.91. The number of anilines is 3. The van der Waals surface area contributed by atoms with Crippen molar-refractivity contribution >= 4 is 23.3 Å². The summed E-state index contributed by atoms with van der Waals surface area (Å²) in [6.45, 7) is 5.78. The van der Waals surface area contributed by atoms with Gasteiger partial charge in [0.2, 0.25) is 0 Å². The molecule has 0 spiro atoms. The topological polar surface area (TPSA) is 82.3 Å². The fourth-order valence-electron chi connectivity index (χ4n) is 2.63. The SMILES string of the molecule is COc1ccccc1N1c2onc(C(C)(C)C)c2N(O)C(=O)N1C. The summed E-state index contributed by atoms with van der Waals surface area (Å²) in [5.74, 6) is 0.803. The van der Waals surface area contributed by atoms with Gasteiger partial charge < -0.3 is 9.26 Å². The van der Waals surface area contributed by atoms with Crippen molar-refractivity contribution in [3.05, 3.63) is 30.0 Å². The van der Waals surface area contributed by atoms with Crippen molar-refractivity contribution in [3.63, 3.8) is 0 Å². The molecule has 128 valence electrons. The molecule has 0 saturated carbocycles. The number of hydrazine groups is 1. The highest BCUT2D eigenvalue weighted by molar-refractivity contribution is 5.99. The summed E-state index contributed by atoms with van der Waals surface area (Å²) < 4.78 is 10.9. The second-order valence-electron chi connectivity index (χ2n) is 6.54. The quantitative estimate of drug-likeness (QED) is 0.850. The Hall–Kier alpha value is -2.74. The number of benzene rings is 1. The van der Waals surface area contributed by atoms with Gasteiger partial charge in [0.05, 0.1) is 7.11 Å². The molecule has 0 fully saturated rings. The van der Waals surface area contributed by atoms with E-state index in [1.165, 1.54) is 17.1 Å². The number of nitrogens with zero attached hydrogens (tertiary/aromatic N) is 4. The maximum absolute atomic E-state index is 12.5. The van der Waals surface area contributed by atoms with Crippen LogP contribution in [0.1, 0.15) is 26.5 Å². The summed E-state index contributed by atoms with van der Waals surface area (Å²) in [7, 11) is 3.07. The number of rotatable bonds is 2. The van der Waals surface area contributed by atoms with Crippen LogP contribution in [0, 0.1) is 0 Å². The highest BCUT2D eigenvalue weighted by Gasteiger charge is 2.43. The van der Waals surface area contributed by atoms with Crippen LogP contribution in [0.2, 0.25) is 0 Å². The average molecular weight is 332 g/mol. The van der Waals surface area contributed by atoms with E-state index in [0.29, 0.717) is 22.2 Å². The number of methoxy groups -OCH3 is 1. The molecule has 8 nitrogen and oxygen atoms in total. The van der Waals surface area contributed by atoms with Crippen LogP contribution in [-0.2, 0) is 5.41 Å². The van der Waals surface area contributed by atoms with E-state index in [4.69, 9.17) is 9.26 Å². The molecule has 1 aromatic carbocycles. The molecule has 1 aliphatic rings. The van der Waals surface area contributed by atoms with E-state index in [-0.39, 0.29) is 11.6 Å². The number of urea groups is 1. The number of carbonyl (C=O) groups is 1. The molecule has 0 unspecified atom stereocenters. The van der Waals surface area contributed by atoms with E-state index in [1.54, 1.807) is 19.2 Å². The number of hydrogen-bond acceptors (Lipinski definition) is 6. The lowest BCUT2D eigenvalue weighted by molar-refractivity contribution is 0.166. The number of carbonyl (C=O) groups excluding carboxylic acids is 1. The molecule has 0 saturated heterocycles. The molecule has 24 heavy (non-hydrogen) atoms. The third kappa shape index (κ3) is 2.26. The van der Waals surface area contributed by atoms with Gasteiger partial charge in [-0.05, 0) is 12.1 Å². The minimum atomic E-state index is -0.623. The summed E-state index contributed by atoms with van der Waals surface area (Å²) in [6, 6.07) is 6.59. The first-order valence-corrected chi connectivity index (χ1v) is 7.47. The maximum Gasteiger partial charge on any atom is 0.367 e. The third-order valence-electron chi connectivity index (χ3n) is 3.84. The third-order valence-corrected chi connectivity index (χ3v) is 3.84. The van der Waals surface area contributed by atoms with Crippen LogP contribution >= 0.6 is 0 Å². The lowest BCUT2D eigenvalue weighted by Crippen LogP contribution is -2.52. The molecule has 1 N–H and O–H groups in total. The van der Waals surface area contributed by atoms with Crippen molar-refractivity contribution in [1.82, 2.24) is 10.2 Å². The van der Waals surface area contributed by atoms with Gasteiger partial charge in [-0.15, -0.1) is 0 Å². The zero-order valence-corrected chi connectivity index (χ0v) is 14.3. The van der Waals surface area contributed by atoms with Crippen LogP contribution in [0.15, 0.2) is 28.8 Å². The molecule has 0 aliphatic carbocycles. The number of hydrogen-bond donors (Lipinski definition) is 1. The van der Waals surface area contributed by atoms with E-state index in [0.717, 1.165) is 0 Å². The van der Waals surface area contributed by atoms with Crippen LogP contribution in [0.4, 0.5) is 22.1 Å². The van der Waals surface area contributed by atoms with Crippen LogP contribution in [0.3, 0.4) is 0 Å². The molecule has 8 heteroatoms. The van der Waals surface area contributed by atoms with Gasteiger partial charge in [-0.25, -0.2) is 14.8 Å². The normalized spacial score (nSPS) is 14.9. The second kappa shape index (κ2) is 5.41. The maximum atomic E-state index is 12.5. The van der Waals surface area contributed by atoms with E-state index < -0.39 is 11.4 Å². The molecule has 3 rings (SSSR count). The first kappa shape index (κ1) is 16.1. The predicted octanol–water partition coefficient (Wildman–Crippen LogP) is 3.29. The summed E-state index contributed by atoms with van der Waals surface area (Å²) in [5, 5.41) is 17.7. The van der Waals surface area contributed by atoms with Crippen LogP contribution in [-0.4, -0.2) is 35.6 Å². The Labute approximate surface area is 139 Å². The largest absolute Gasteiger partial charge is 0.494 e. The lowest BCUT2D eigenvalue weighted by Gasteiger charge is -2.38. The Bertz CT molecular complexity index is 781. The van der Waals surface area contributed by atoms with Gasteiger partial charge in [-0.2, -0.15) is 5.06 Å². The summed E-state index contributed by atoms with van der Waals surface area (Å²) in [4.78, 5) is 12.5. The summed E-state index contributed by atoms with van der Waals surface area (Å²) >= 11 is 0. The van der Waals surface area contributed by atoms with Gasteiger partial charge >= 0.3 is 6.03 Å². The zero-order valence-electron chi connectivity index (χ0n) is 14.3. The van der Waals surface area contributed by atoms with E-state index in [1.807, 2.05) is 32.9 Å². The fourth-order valence-corrected chi connectivity index (χ4v) is 2.63. The minimum absolute atomic E-state index is 0.233. The van der Waals surface area contributed by atoms with Crippen molar-refractivity contribution in [2.24, 2.45) is 0 Å². The van der Waals surface area contributed by atoms with Crippen molar-refractivity contribution in [3.8, 4) is 5.75 Å². The molecule has 2 aromatic rings. The van der Waals surface area contributed by atoms with Gasteiger partial charge in [0, 0.05) is 12.5 Å². The Morgan fingerprint density at radius 1 is 1.25 bits per heavy atom. The number of aromatic nitrogens is 1.